The predicted octanol–water partition coefficient (Wildman–Crippen LogP) is 2.30. The predicted molar refractivity (Wildman–Crippen MR) is 54.9 cm³/mol. The minimum atomic E-state index is -0.608. The summed E-state index contributed by atoms with van der Waals surface area (Å²) in [6, 6.07) is 0. The largest absolute Gasteiger partial charge is 0.390 e. The zero-order valence-corrected chi connectivity index (χ0v) is 9.18. The van der Waals surface area contributed by atoms with Crippen LogP contribution in [0.4, 0.5) is 0 Å². The molecule has 0 aliphatic heterocycles. The third kappa shape index (κ3) is 1.50. The first-order chi connectivity index (χ1) is 6.44. The van der Waals surface area contributed by atoms with Gasteiger partial charge in [0.05, 0.1) is 5.60 Å². The molecule has 2 fully saturated rings. The van der Waals surface area contributed by atoms with Crippen molar-refractivity contribution in [1.82, 2.24) is 0 Å². The van der Waals surface area contributed by atoms with Crippen LogP contribution in [0.3, 0.4) is 0 Å². The van der Waals surface area contributed by atoms with Gasteiger partial charge in [-0.3, -0.25) is 4.79 Å². The number of carbonyl (C=O) groups excluding carboxylic acids is 1. The lowest BCUT2D eigenvalue weighted by molar-refractivity contribution is -0.143. The number of aliphatic hydroxyl groups is 1. The highest BCUT2D eigenvalue weighted by molar-refractivity contribution is 5.79. The van der Waals surface area contributed by atoms with Gasteiger partial charge in [-0.05, 0) is 37.5 Å². The second kappa shape index (κ2) is 3.06. The monoisotopic (exact) mass is 196 g/mol. The number of fused-ring (bicyclic) bond motifs is 1. The van der Waals surface area contributed by atoms with Crippen LogP contribution >= 0.6 is 0 Å². The molecule has 0 amide bonds. The zero-order valence-electron chi connectivity index (χ0n) is 9.18. The third-order valence-corrected chi connectivity index (χ3v) is 4.43. The SMILES string of the molecule is C[C@]12CCC[C@](C)(O)[C@H]1CC(=O)CC2. The van der Waals surface area contributed by atoms with Gasteiger partial charge in [-0.25, -0.2) is 0 Å². The fourth-order valence-electron chi connectivity index (χ4n) is 3.47. The molecule has 0 unspecified atom stereocenters. The standard InChI is InChI=1S/C12H20O2/c1-11-5-3-6-12(2,14)10(11)8-9(13)4-7-11/h10,14H,3-8H2,1-2H3/t10-,11+,12-/m0/s1. The molecule has 2 aliphatic rings. The van der Waals surface area contributed by atoms with Crippen molar-refractivity contribution >= 4 is 5.78 Å². The summed E-state index contributed by atoms with van der Waals surface area (Å²) < 4.78 is 0. The Morgan fingerprint density at radius 3 is 2.71 bits per heavy atom. The maximum absolute atomic E-state index is 11.4. The summed E-state index contributed by atoms with van der Waals surface area (Å²) in [7, 11) is 0. The molecule has 2 saturated carbocycles. The molecule has 0 radical (unpaired) electrons. The van der Waals surface area contributed by atoms with Crippen LogP contribution in [0.2, 0.25) is 0 Å². The number of Topliss-reactive ketones (excluding diaryl/α,β-unsaturated/α-hetero) is 1. The number of ketones is 1. The summed E-state index contributed by atoms with van der Waals surface area (Å²) in [6.45, 7) is 4.16. The van der Waals surface area contributed by atoms with Crippen molar-refractivity contribution in [2.45, 2.75) is 58.0 Å². The van der Waals surface area contributed by atoms with E-state index in [9.17, 15) is 9.90 Å². The van der Waals surface area contributed by atoms with E-state index in [1.807, 2.05) is 6.92 Å². The Kier molecular flexibility index (Phi) is 2.22. The second-order valence-electron chi connectivity index (χ2n) is 5.66. The third-order valence-electron chi connectivity index (χ3n) is 4.43. The van der Waals surface area contributed by atoms with Crippen molar-refractivity contribution in [2.24, 2.45) is 11.3 Å². The minimum absolute atomic E-state index is 0.199. The van der Waals surface area contributed by atoms with Crippen molar-refractivity contribution < 1.29 is 9.90 Å². The van der Waals surface area contributed by atoms with Crippen molar-refractivity contribution in [2.75, 3.05) is 0 Å². The number of hydrogen-bond donors (Lipinski definition) is 1. The Hall–Kier alpha value is -0.370. The Balaban J connectivity index is 2.26. The molecule has 0 heterocycles. The molecule has 2 rings (SSSR count). The smallest absolute Gasteiger partial charge is 0.133 e. The van der Waals surface area contributed by atoms with Crippen LogP contribution in [0.1, 0.15) is 52.4 Å². The van der Waals surface area contributed by atoms with Gasteiger partial charge in [-0.15, -0.1) is 0 Å². The molecular weight excluding hydrogens is 176 g/mol. The first kappa shape index (κ1) is 10.2. The molecule has 3 atom stereocenters. The first-order valence-corrected chi connectivity index (χ1v) is 5.68. The lowest BCUT2D eigenvalue weighted by atomic mass is 9.55. The van der Waals surface area contributed by atoms with Gasteiger partial charge < -0.3 is 5.11 Å². The van der Waals surface area contributed by atoms with Crippen LogP contribution in [0, 0.1) is 11.3 Å². The number of rotatable bonds is 0. The molecule has 0 spiro atoms. The molecule has 80 valence electrons. The van der Waals surface area contributed by atoms with Gasteiger partial charge in [0.2, 0.25) is 0 Å². The maximum atomic E-state index is 11.4. The van der Waals surface area contributed by atoms with E-state index in [1.165, 1.54) is 6.42 Å². The van der Waals surface area contributed by atoms with E-state index in [0.717, 1.165) is 25.7 Å². The van der Waals surface area contributed by atoms with Crippen LogP contribution in [0.25, 0.3) is 0 Å². The van der Waals surface area contributed by atoms with Crippen LogP contribution < -0.4 is 0 Å². The second-order valence-corrected chi connectivity index (χ2v) is 5.66. The van der Waals surface area contributed by atoms with Gasteiger partial charge in [0, 0.05) is 12.8 Å². The molecule has 2 heteroatoms. The van der Waals surface area contributed by atoms with E-state index in [1.54, 1.807) is 0 Å². The Labute approximate surface area is 85.7 Å². The van der Waals surface area contributed by atoms with Gasteiger partial charge in [-0.2, -0.15) is 0 Å². The van der Waals surface area contributed by atoms with E-state index in [0.29, 0.717) is 12.2 Å². The number of carbonyl (C=O) groups is 1. The summed E-state index contributed by atoms with van der Waals surface area (Å²) >= 11 is 0. The zero-order chi connectivity index (χ0) is 10.4. The fourth-order valence-corrected chi connectivity index (χ4v) is 3.47. The molecule has 0 saturated heterocycles. The average Bonchev–Trinajstić information content (AvgIpc) is 2.08. The van der Waals surface area contributed by atoms with Crippen molar-refractivity contribution in [3.63, 3.8) is 0 Å². The minimum Gasteiger partial charge on any atom is -0.390 e. The molecule has 14 heavy (non-hydrogen) atoms. The molecule has 0 aromatic heterocycles. The highest BCUT2D eigenvalue weighted by Crippen LogP contribution is 2.53. The highest BCUT2D eigenvalue weighted by Gasteiger charge is 2.50. The summed E-state index contributed by atoms with van der Waals surface area (Å²) in [5.74, 6) is 0.541. The summed E-state index contributed by atoms with van der Waals surface area (Å²) in [5, 5.41) is 10.3. The first-order valence-electron chi connectivity index (χ1n) is 5.68. The summed E-state index contributed by atoms with van der Waals surface area (Å²) in [6.07, 6.45) is 5.45. The van der Waals surface area contributed by atoms with Gasteiger partial charge in [-0.1, -0.05) is 13.3 Å². The maximum Gasteiger partial charge on any atom is 0.133 e. The fraction of sp³-hybridized carbons (Fsp3) is 0.917. The van der Waals surface area contributed by atoms with Crippen molar-refractivity contribution in [3.05, 3.63) is 0 Å². The van der Waals surface area contributed by atoms with E-state index < -0.39 is 5.60 Å². The topological polar surface area (TPSA) is 37.3 Å². The number of hydrogen-bond acceptors (Lipinski definition) is 2. The van der Waals surface area contributed by atoms with Crippen LogP contribution in [-0.2, 0) is 4.79 Å². The van der Waals surface area contributed by atoms with Gasteiger partial charge in [0.25, 0.3) is 0 Å². The Morgan fingerprint density at radius 1 is 1.29 bits per heavy atom. The highest BCUT2D eigenvalue weighted by atomic mass is 16.3. The lowest BCUT2D eigenvalue weighted by Crippen LogP contribution is -2.51. The molecule has 0 aromatic rings. The van der Waals surface area contributed by atoms with E-state index in [2.05, 4.69) is 6.92 Å². The van der Waals surface area contributed by atoms with Crippen LogP contribution in [0.5, 0.6) is 0 Å². The molecule has 2 aliphatic carbocycles. The van der Waals surface area contributed by atoms with Crippen LogP contribution in [0.15, 0.2) is 0 Å². The Bertz CT molecular complexity index is 257. The quantitative estimate of drug-likeness (QED) is 0.645. The normalized spacial score (nSPS) is 48.8. The molecule has 1 N–H and O–H groups in total. The van der Waals surface area contributed by atoms with Gasteiger partial charge in [0.1, 0.15) is 5.78 Å². The average molecular weight is 196 g/mol. The van der Waals surface area contributed by atoms with Gasteiger partial charge >= 0.3 is 0 Å². The summed E-state index contributed by atoms with van der Waals surface area (Å²) in [5.41, 5.74) is -0.390. The lowest BCUT2D eigenvalue weighted by Gasteiger charge is -2.51. The van der Waals surface area contributed by atoms with Gasteiger partial charge in [0.15, 0.2) is 0 Å². The van der Waals surface area contributed by atoms with E-state index >= 15 is 0 Å². The van der Waals surface area contributed by atoms with Crippen LogP contribution in [-0.4, -0.2) is 16.5 Å². The molecule has 2 nitrogen and oxygen atoms in total. The summed E-state index contributed by atoms with van der Waals surface area (Å²) in [4.78, 5) is 11.4. The Morgan fingerprint density at radius 2 is 2.00 bits per heavy atom. The molecule has 0 bridgehead atoms. The van der Waals surface area contributed by atoms with E-state index in [-0.39, 0.29) is 11.3 Å². The van der Waals surface area contributed by atoms with Crippen molar-refractivity contribution in [3.8, 4) is 0 Å². The molecular formula is C12H20O2. The molecule has 0 aromatic carbocycles. The van der Waals surface area contributed by atoms with E-state index in [4.69, 9.17) is 0 Å². The van der Waals surface area contributed by atoms with Crippen molar-refractivity contribution in [1.29, 1.82) is 0 Å².